The van der Waals surface area contributed by atoms with Gasteiger partial charge in [0.2, 0.25) is 0 Å². The highest BCUT2D eigenvalue weighted by Crippen LogP contribution is 2.38. The Morgan fingerprint density at radius 3 is 2.50 bits per heavy atom. The Morgan fingerprint density at radius 2 is 1.86 bits per heavy atom. The SMILES string of the molecule is Nc1ccc(F)cc1C1(N)CCCC1. The van der Waals surface area contributed by atoms with Gasteiger partial charge in [-0.15, -0.1) is 0 Å². The Hall–Kier alpha value is -1.09. The monoisotopic (exact) mass is 194 g/mol. The minimum atomic E-state index is -0.397. The lowest BCUT2D eigenvalue weighted by molar-refractivity contribution is 0.459. The molecule has 0 spiro atoms. The molecule has 0 radical (unpaired) electrons. The van der Waals surface area contributed by atoms with E-state index in [1.165, 1.54) is 12.1 Å². The fourth-order valence-corrected chi connectivity index (χ4v) is 2.23. The Bertz CT molecular complexity index is 343. The summed E-state index contributed by atoms with van der Waals surface area (Å²) in [5, 5.41) is 0. The first-order valence-corrected chi connectivity index (χ1v) is 4.96. The van der Waals surface area contributed by atoms with Crippen LogP contribution in [0.4, 0.5) is 10.1 Å². The van der Waals surface area contributed by atoms with E-state index < -0.39 is 5.54 Å². The summed E-state index contributed by atoms with van der Waals surface area (Å²) in [6, 6.07) is 4.44. The highest BCUT2D eigenvalue weighted by molar-refractivity contribution is 5.50. The molecule has 4 N–H and O–H groups in total. The number of rotatable bonds is 1. The van der Waals surface area contributed by atoms with Gasteiger partial charge in [-0.05, 0) is 36.6 Å². The number of hydrogen-bond donors (Lipinski definition) is 2. The summed E-state index contributed by atoms with van der Waals surface area (Å²) in [7, 11) is 0. The minimum Gasteiger partial charge on any atom is -0.398 e. The van der Waals surface area contributed by atoms with E-state index >= 15 is 0 Å². The van der Waals surface area contributed by atoms with Crippen LogP contribution in [0.2, 0.25) is 0 Å². The zero-order chi connectivity index (χ0) is 10.2. The topological polar surface area (TPSA) is 52.0 Å². The van der Waals surface area contributed by atoms with Gasteiger partial charge in [-0.2, -0.15) is 0 Å². The Morgan fingerprint density at radius 1 is 1.21 bits per heavy atom. The molecule has 0 unspecified atom stereocenters. The van der Waals surface area contributed by atoms with Crippen LogP contribution >= 0.6 is 0 Å². The highest BCUT2D eigenvalue weighted by Gasteiger charge is 2.32. The van der Waals surface area contributed by atoms with Crippen molar-refractivity contribution >= 4 is 5.69 Å². The van der Waals surface area contributed by atoms with Crippen molar-refractivity contribution in [3.63, 3.8) is 0 Å². The van der Waals surface area contributed by atoms with Crippen molar-refractivity contribution in [1.29, 1.82) is 0 Å². The van der Waals surface area contributed by atoms with E-state index in [1.54, 1.807) is 6.07 Å². The van der Waals surface area contributed by atoms with Gasteiger partial charge in [-0.1, -0.05) is 12.8 Å². The summed E-state index contributed by atoms with van der Waals surface area (Å²) in [6.07, 6.45) is 4.01. The smallest absolute Gasteiger partial charge is 0.123 e. The van der Waals surface area contributed by atoms with Crippen LogP contribution in [0.1, 0.15) is 31.2 Å². The first-order valence-electron chi connectivity index (χ1n) is 4.96. The molecule has 1 aromatic carbocycles. The summed E-state index contributed by atoms with van der Waals surface area (Å²) in [6.45, 7) is 0. The standard InChI is InChI=1S/C11H15FN2/c12-8-3-4-10(13)9(7-8)11(14)5-1-2-6-11/h3-4,7H,1-2,5-6,13-14H2. The maximum atomic E-state index is 13.1. The van der Waals surface area contributed by atoms with Gasteiger partial charge in [0.1, 0.15) is 5.82 Å². The number of halogens is 1. The molecule has 0 aliphatic heterocycles. The lowest BCUT2D eigenvalue weighted by Crippen LogP contribution is -2.34. The van der Waals surface area contributed by atoms with Crippen molar-refractivity contribution in [2.45, 2.75) is 31.2 Å². The molecule has 0 heterocycles. The first kappa shape index (κ1) is 9.46. The van der Waals surface area contributed by atoms with E-state index in [0.29, 0.717) is 5.69 Å². The molecule has 1 aliphatic rings. The quantitative estimate of drug-likeness (QED) is 0.673. The summed E-state index contributed by atoms with van der Waals surface area (Å²) in [5.41, 5.74) is 13.0. The highest BCUT2D eigenvalue weighted by atomic mass is 19.1. The van der Waals surface area contributed by atoms with Gasteiger partial charge in [0, 0.05) is 11.2 Å². The van der Waals surface area contributed by atoms with Crippen LogP contribution in [-0.4, -0.2) is 0 Å². The molecule has 3 heteroatoms. The number of anilines is 1. The molecule has 14 heavy (non-hydrogen) atoms. The summed E-state index contributed by atoms with van der Waals surface area (Å²) >= 11 is 0. The van der Waals surface area contributed by atoms with E-state index in [4.69, 9.17) is 11.5 Å². The largest absolute Gasteiger partial charge is 0.398 e. The molecule has 76 valence electrons. The van der Waals surface area contributed by atoms with Gasteiger partial charge in [-0.3, -0.25) is 0 Å². The van der Waals surface area contributed by atoms with E-state index in [1.807, 2.05) is 0 Å². The lowest BCUT2D eigenvalue weighted by atomic mass is 9.88. The van der Waals surface area contributed by atoms with E-state index in [2.05, 4.69) is 0 Å². The summed E-state index contributed by atoms with van der Waals surface area (Å²) in [5.74, 6) is -0.258. The second-order valence-electron chi connectivity index (χ2n) is 4.09. The van der Waals surface area contributed by atoms with Crippen molar-refractivity contribution in [2.24, 2.45) is 5.73 Å². The molecule has 1 aromatic rings. The molecule has 1 aliphatic carbocycles. The van der Waals surface area contributed by atoms with E-state index in [-0.39, 0.29) is 5.82 Å². The third-order valence-corrected chi connectivity index (χ3v) is 3.05. The fraction of sp³-hybridized carbons (Fsp3) is 0.455. The number of benzene rings is 1. The molecule has 0 amide bonds. The number of nitrogens with two attached hydrogens (primary N) is 2. The molecule has 2 nitrogen and oxygen atoms in total. The number of nitrogen functional groups attached to an aromatic ring is 1. The average molecular weight is 194 g/mol. The zero-order valence-electron chi connectivity index (χ0n) is 8.09. The van der Waals surface area contributed by atoms with Crippen LogP contribution in [0.3, 0.4) is 0 Å². The van der Waals surface area contributed by atoms with Gasteiger partial charge >= 0.3 is 0 Å². The first-order chi connectivity index (χ1) is 6.62. The summed E-state index contributed by atoms with van der Waals surface area (Å²) < 4.78 is 13.1. The molecule has 0 saturated heterocycles. The normalized spacial score (nSPS) is 19.9. The van der Waals surface area contributed by atoms with Gasteiger partial charge in [-0.25, -0.2) is 4.39 Å². The van der Waals surface area contributed by atoms with Crippen LogP contribution in [0.5, 0.6) is 0 Å². The van der Waals surface area contributed by atoms with Gasteiger partial charge in [0.15, 0.2) is 0 Å². The number of hydrogen-bond acceptors (Lipinski definition) is 2. The summed E-state index contributed by atoms with van der Waals surface area (Å²) in [4.78, 5) is 0. The van der Waals surface area contributed by atoms with E-state index in [0.717, 1.165) is 31.2 Å². The molecule has 1 saturated carbocycles. The molecular formula is C11H15FN2. The fourth-order valence-electron chi connectivity index (χ4n) is 2.23. The molecule has 1 fully saturated rings. The Labute approximate surface area is 83.1 Å². The van der Waals surface area contributed by atoms with Gasteiger partial charge < -0.3 is 11.5 Å². The zero-order valence-corrected chi connectivity index (χ0v) is 8.09. The third kappa shape index (κ3) is 1.48. The lowest BCUT2D eigenvalue weighted by Gasteiger charge is -2.25. The predicted octanol–water partition coefficient (Wildman–Crippen LogP) is 2.14. The van der Waals surface area contributed by atoms with Crippen LogP contribution < -0.4 is 11.5 Å². The molecule has 0 atom stereocenters. The van der Waals surface area contributed by atoms with Gasteiger partial charge in [0.05, 0.1) is 0 Å². The Balaban J connectivity index is 2.44. The van der Waals surface area contributed by atoms with E-state index in [9.17, 15) is 4.39 Å². The molecular weight excluding hydrogens is 179 g/mol. The second kappa shape index (κ2) is 3.24. The van der Waals surface area contributed by atoms with Crippen LogP contribution in [0, 0.1) is 5.82 Å². The molecule has 2 rings (SSSR count). The maximum absolute atomic E-state index is 13.1. The third-order valence-electron chi connectivity index (χ3n) is 3.05. The van der Waals surface area contributed by atoms with Crippen LogP contribution in [0.15, 0.2) is 18.2 Å². The van der Waals surface area contributed by atoms with Crippen molar-refractivity contribution < 1.29 is 4.39 Å². The van der Waals surface area contributed by atoms with Crippen LogP contribution in [0.25, 0.3) is 0 Å². The Kier molecular flexibility index (Phi) is 2.19. The van der Waals surface area contributed by atoms with Crippen molar-refractivity contribution in [3.05, 3.63) is 29.6 Å². The molecule has 0 aromatic heterocycles. The minimum absolute atomic E-state index is 0.258. The van der Waals surface area contributed by atoms with Gasteiger partial charge in [0.25, 0.3) is 0 Å². The van der Waals surface area contributed by atoms with Crippen LogP contribution in [-0.2, 0) is 5.54 Å². The second-order valence-corrected chi connectivity index (χ2v) is 4.09. The average Bonchev–Trinajstić information content (AvgIpc) is 2.58. The van der Waals surface area contributed by atoms with Crippen molar-refractivity contribution in [2.75, 3.05) is 5.73 Å². The van der Waals surface area contributed by atoms with Crippen molar-refractivity contribution in [1.82, 2.24) is 0 Å². The maximum Gasteiger partial charge on any atom is 0.123 e. The molecule has 0 bridgehead atoms. The van der Waals surface area contributed by atoms with Crippen molar-refractivity contribution in [3.8, 4) is 0 Å². The predicted molar refractivity (Wildman–Crippen MR) is 55.1 cm³/mol.